The maximum absolute atomic E-state index is 13.2. The highest BCUT2D eigenvalue weighted by Gasteiger charge is 2.31. The molecule has 1 fully saturated rings. The number of methoxy groups -OCH3 is 1. The molecule has 0 spiro atoms. The van der Waals surface area contributed by atoms with Crippen molar-refractivity contribution in [2.45, 2.75) is 64.1 Å². The Kier molecular flexibility index (Phi) is 10.5. The number of nitrogens with one attached hydrogen (secondary N) is 4. The minimum Gasteiger partial charge on any atom is -0.467 e. The first kappa shape index (κ1) is 30.4. The molecule has 40 heavy (non-hydrogen) atoms. The number of benzene rings is 2. The van der Waals surface area contributed by atoms with Crippen LogP contribution in [-0.2, 0) is 35.1 Å². The largest absolute Gasteiger partial charge is 0.467 e. The van der Waals surface area contributed by atoms with Crippen molar-refractivity contribution in [2.75, 3.05) is 20.2 Å². The Bertz CT molecular complexity index is 1240. The average Bonchev–Trinajstić information content (AvgIpc) is 2.90. The van der Waals surface area contributed by atoms with Gasteiger partial charge < -0.3 is 30.7 Å². The van der Waals surface area contributed by atoms with Crippen molar-refractivity contribution in [3.8, 4) is 0 Å². The van der Waals surface area contributed by atoms with E-state index in [1.54, 1.807) is 20.8 Å². The molecule has 0 radical (unpaired) electrons. The van der Waals surface area contributed by atoms with Gasteiger partial charge in [-0.25, -0.2) is 9.59 Å². The van der Waals surface area contributed by atoms with Crippen LogP contribution in [0.4, 0.5) is 4.79 Å². The van der Waals surface area contributed by atoms with Gasteiger partial charge in [-0.3, -0.25) is 14.4 Å². The number of piperidine rings is 1. The summed E-state index contributed by atoms with van der Waals surface area (Å²) < 4.78 is 10.2. The number of carbonyl (C=O) groups is 5. The summed E-state index contributed by atoms with van der Waals surface area (Å²) in [5.74, 6) is -2.53. The van der Waals surface area contributed by atoms with Crippen LogP contribution in [-0.4, -0.2) is 67.7 Å². The van der Waals surface area contributed by atoms with E-state index in [0.29, 0.717) is 13.0 Å². The van der Waals surface area contributed by atoms with Gasteiger partial charge in [0.1, 0.15) is 17.7 Å². The minimum absolute atomic E-state index is 0.0854. The van der Waals surface area contributed by atoms with Crippen molar-refractivity contribution in [3.63, 3.8) is 0 Å². The Morgan fingerprint density at radius 1 is 1.02 bits per heavy atom. The van der Waals surface area contributed by atoms with Crippen molar-refractivity contribution in [1.82, 2.24) is 21.3 Å². The predicted molar refractivity (Wildman–Crippen MR) is 148 cm³/mol. The lowest BCUT2D eigenvalue weighted by atomic mass is 9.91. The Morgan fingerprint density at radius 2 is 1.75 bits per heavy atom. The number of hydrogen-bond acceptors (Lipinski definition) is 7. The Morgan fingerprint density at radius 3 is 2.45 bits per heavy atom. The standard InChI is InChI=1S/C29H38N4O7/c1-29(2,3)40-28(38)33-22(15-19-11-7-10-18-9-5-6-13-21(18)19)26(36)31-17-24(34)32-23(27(37)39-4)16-20-12-8-14-30-25(20)35/h5-7,9-11,13,20,22-23H,8,12,14-17H2,1-4H3,(H,30,35)(H,31,36)(H,32,34)(H,33,38). The summed E-state index contributed by atoms with van der Waals surface area (Å²) >= 11 is 0. The Labute approximate surface area is 233 Å². The molecular weight excluding hydrogens is 516 g/mol. The highest BCUT2D eigenvalue weighted by Crippen LogP contribution is 2.21. The van der Waals surface area contributed by atoms with Crippen molar-refractivity contribution < 1.29 is 33.4 Å². The zero-order chi connectivity index (χ0) is 29.3. The second kappa shape index (κ2) is 13.8. The molecule has 1 aliphatic rings. The molecule has 1 aliphatic heterocycles. The first-order valence-corrected chi connectivity index (χ1v) is 13.4. The zero-order valence-electron chi connectivity index (χ0n) is 23.4. The van der Waals surface area contributed by atoms with Gasteiger partial charge in [0.25, 0.3) is 0 Å². The van der Waals surface area contributed by atoms with Gasteiger partial charge >= 0.3 is 12.1 Å². The van der Waals surface area contributed by atoms with Crippen molar-refractivity contribution in [1.29, 1.82) is 0 Å². The predicted octanol–water partition coefficient (Wildman–Crippen LogP) is 1.97. The van der Waals surface area contributed by atoms with Crippen LogP contribution in [0.2, 0.25) is 0 Å². The molecule has 3 rings (SSSR count). The van der Waals surface area contributed by atoms with Gasteiger partial charge in [-0.1, -0.05) is 42.5 Å². The van der Waals surface area contributed by atoms with Crippen LogP contribution in [0.25, 0.3) is 10.8 Å². The zero-order valence-corrected chi connectivity index (χ0v) is 23.4. The highest BCUT2D eigenvalue weighted by molar-refractivity contribution is 5.92. The summed E-state index contributed by atoms with van der Waals surface area (Å²) in [6, 6.07) is 11.3. The molecule has 1 heterocycles. The Hall–Kier alpha value is -4.15. The number of carbonyl (C=O) groups excluding carboxylic acids is 5. The van der Waals surface area contributed by atoms with Crippen LogP contribution in [0.5, 0.6) is 0 Å². The maximum atomic E-state index is 13.2. The molecule has 4 amide bonds. The SMILES string of the molecule is COC(=O)C(CC1CCCNC1=O)NC(=O)CNC(=O)C(Cc1cccc2ccccc12)NC(=O)OC(C)(C)C. The van der Waals surface area contributed by atoms with E-state index in [9.17, 15) is 24.0 Å². The maximum Gasteiger partial charge on any atom is 0.408 e. The van der Waals surface area contributed by atoms with E-state index in [-0.39, 0.29) is 18.7 Å². The van der Waals surface area contributed by atoms with Gasteiger partial charge in [0.15, 0.2) is 0 Å². The van der Waals surface area contributed by atoms with Gasteiger partial charge in [-0.2, -0.15) is 0 Å². The summed E-state index contributed by atoms with van der Waals surface area (Å²) in [4.78, 5) is 62.9. The molecule has 11 nitrogen and oxygen atoms in total. The van der Waals surface area contributed by atoms with E-state index in [2.05, 4.69) is 21.3 Å². The second-order valence-electron chi connectivity index (χ2n) is 10.8. The molecule has 1 saturated heterocycles. The summed E-state index contributed by atoms with van der Waals surface area (Å²) in [6.45, 7) is 5.27. The van der Waals surface area contributed by atoms with Gasteiger partial charge in [-0.15, -0.1) is 0 Å². The van der Waals surface area contributed by atoms with E-state index in [1.165, 1.54) is 7.11 Å². The highest BCUT2D eigenvalue weighted by atomic mass is 16.6. The van der Waals surface area contributed by atoms with Crippen LogP contribution >= 0.6 is 0 Å². The topological polar surface area (TPSA) is 152 Å². The molecule has 3 unspecified atom stereocenters. The number of esters is 1. The summed E-state index contributed by atoms with van der Waals surface area (Å²) in [7, 11) is 1.20. The summed E-state index contributed by atoms with van der Waals surface area (Å²) in [6.07, 6.45) is 0.834. The molecular formula is C29H38N4O7. The fraction of sp³-hybridized carbons (Fsp3) is 0.483. The fourth-order valence-electron chi connectivity index (χ4n) is 4.59. The number of ether oxygens (including phenoxy) is 2. The van der Waals surface area contributed by atoms with E-state index in [1.807, 2.05) is 42.5 Å². The van der Waals surface area contributed by atoms with Crippen LogP contribution < -0.4 is 21.3 Å². The average molecular weight is 555 g/mol. The monoisotopic (exact) mass is 554 g/mol. The fourth-order valence-corrected chi connectivity index (χ4v) is 4.59. The molecule has 0 bridgehead atoms. The second-order valence-corrected chi connectivity index (χ2v) is 10.8. The quantitative estimate of drug-likeness (QED) is 0.328. The van der Waals surface area contributed by atoms with E-state index in [4.69, 9.17) is 9.47 Å². The van der Waals surface area contributed by atoms with E-state index >= 15 is 0 Å². The van der Waals surface area contributed by atoms with E-state index < -0.39 is 54.0 Å². The molecule has 0 aliphatic carbocycles. The van der Waals surface area contributed by atoms with Crippen molar-refractivity contribution in [2.24, 2.45) is 5.92 Å². The number of amides is 4. The molecule has 0 saturated carbocycles. The van der Waals surface area contributed by atoms with E-state index in [0.717, 1.165) is 22.8 Å². The van der Waals surface area contributed by atoms with Gasteiger partial charge in [0.05, 0.1) is 13.7 Å². The number of fused-ring (bicyclic) bond motifs is 1. The molecule has 3 atom stereocenters. The van der Waals surface area contributed by atoms with Gasteiger partial charge in [0.2, 0.25) is 17.7 Å². The third kappa shape index (κ3) is 8.96. The lowest BCUT2D eigenvalue weighted by Crippen LogP contribution is -2.52. The molecule has 4 N–H and O–H groups in total. The lowest BCUT2D eigenvalue weighted by Gasteiger charge is -2.26. The third-order valence-electron chi connectivity index (χ3n) is 6.48. The normalized spacial score (nSPS) is 16.7. The van der Waals surface area contributed by atoms with Gasteiger partial charge in [-0.05, 0) is 56.4 Å². The molecule has 216 valence electrons. The minimum atomic E-state index is -1.05. The van der Waals surface area contributed by atoms with Crippen LogP contribution in [0, 0.1) is 5.92 Å². The van der Waals surface area contributed by atoms with Crippen LogP contribution in [0.3, 0.4) is 0 Å². The van der Waals surface area contributed by atoms with Crippen molar-refractivity contribution in [3.05, 3.63) is 48.0 Å². The number of rotatable bonds is 10. The molecule has 0 aromatic heterocycles. The lowest BCUT2D eigenvalue weighted by molar-refractivity contribution is -0.146. The first-order valence-electron chi connectivity index (χ1n) is 13.4. The van der Waals surface area contributed by atoms with Crippen LogP contribution in [0.1, 0.15) is 45.6 Å². The molecule has 11 heteroatoms. The van der Waals surface area contributed by atoms with Gasteiger partial charge in [0, 0.05) is 18.9 Å². The summed E-state index contributed by atoms with van der Waals surface area (Å²) in [5.41, 5.74) is 0.0537. The molecule has 2 aromatic rings. The summed E-state index contributed by atoms with van der Waals surface area (Å²) in [5, 5.41) is 12.4. The smallest absolute Gasteiger partial charge is 0.408 e. The first-order chi connectivity index (χ1) is 19.0. The number of hydrogen-bond donors (Lipinski definition) is 4. The third-order valence-corrected chi connectivity index (χ3v) is 6.48. The molecule has 2 aromatic carbocycles. The Balaban J connectivity index is 1.68. The van der Waals surface area contributed by atoms with Crippen molar-refractivity contribution >= 4 is 40.6 Å². The number of alkyl carbamates (subject to hydrolysis) is 1. The van der Waals surface area contributed by atoms with Crippen LogP contribution in [0.15, 0.2) is 42.5 Å².